The van der Waals surface area contributed by atoms with Crippen LogP contribution in [0.25, 0.3) is 0 Å². The third-order valence-corrected chi connectivity index (χ3v) is 11.9. The Morgan fingerprint density at radius 3 is 2.18 bits per heavy atom. The van der Waals surface area contributed by atoms with E-state index in [2.05, 4.69) is 22.0 Å². The van der Waals surface area contributed by atoms with Crippen LogP contribution in [0.2, 0.25) is 5.02 Å². The Kier molecular flexibility index (Phi) is 15.3. The van der Waals surface area contributed by atoms with Crippen LogP contribution in [-0.4, -0.2) is 90.3 Å². The number of carbonyl (C=O) groups excluding carboxylic acids is 4. The lowest BCUT2D eigenvalue weighted by atomic mass is 9.49. The predicted octanol–water partition coefficient (Wildman–Crippen LogP) is 5.68. The van der Waals surface area contributed by atoms with E-state index in [0.717, 1.165) is 5.56 Å². The number of hydrogen-bond donors (Lipinski definition) is 4. The predicted molar refractivity (Wildman–Crippen MR) is 232 cm³/mol. The van der Waals surface area contributed by atoms with Gasteiger partial charge in [-0.25, -0.2) is 0 Å². The summed E-state index contributed by atoms with van der Waals surface area (Å²) in [5.41, 5.74) is 0.644. The van der Waals surface area contributed by atoms with Gasteiger partial charge in [-0.2, -0.15) is 10.5 Å². The summed E-state index contributed by atoms with van der Waals surface area (Å²) in [6, 6.07) is 20.7. The summed E-state index contributed by atoms with van der Waals surface area (Å²) in [5, 5.41) is 37.8. The Morgan fingerprint density at radius 1 is 0.919 bits per heavy atom. The van der Waals surface area contributed by atoms with Gasteiger partial charge in [0.05, 0.1) is 34.9 Å². The van der Waals surface area contributed by atoms with Crippen molar-refractivity contribution >= 4 is 35.2 Å². The summed E-state index contributed by atoms with van der Waals surface area (Å²) in [6.07, 6.45) is 0.206. The van der Waals surface area contributed by atoms with Crippen molar-refractivity contribution in [2.45, 2.75) is 105 Å². The summed E-state index contributed by atoms with van der Waals surface area (Å²) in [7, 11) is 0. The van der Waals surface area contributed by atoms with Crippen LogP contribution in [0.15, 0.2) is 66.7 Å². The van der Waals surface area contributed by atoms with E-state index in [9.17, 15) is 29.5 Å². The lowest BCUT2D eigenvalue weighted by molar-refractivity contribution is -0.164. The number of aliphatic hydroxyl groups is 1. The molecule has 1 aliphatic heterocycles. The van der Waals surface area contributed by atoms with E-state index >= 15 is 0 Å². The molecule has 4 amide bonds. The van der Waals surface area contributed by atoms with Gasteiger partial charge in [0.25, 0.3) is 5.91 Å². The van der Waals surface area contributed by atoms with Crippen molar-refractivity contribution in [3.8, 4) is 23.6 Å². The highest BCUT2D eigenvalue weighted by Crippen LogP contribution is 2.55. The van der Waals surface area contributed by atoms with Crippen LogP contribution >= 0.6 is 11.6 Å². The van der Waals surface area contributed by atoms with Crippen LogP contribution in [0.4, 0.5) is 0 Å². The molecule has 1 saturated heterocycles. The number of likely N-dealkylation sites (tertiary alicyclic amines) is 1. The fourth-order valence-electron chi connectivity index (χ4n) is 8.50. The molecular weight excluding hydrogens is 812 g/mol. The van der Waals surface area contributed by atoms with Gasteiger partial charge in [-0.05, 0) is 72.4 Å². The molecule has 4 N–H and O–H groups in total. The standard InChI is InChI=1S/C47H57ClN6O8/c1-45(2,3)39(42(59)54-27-33(55)22-37(54)41(58)51-26-30-12-10-29(24-49)11-13-30)52-38(56)28-60-20-8-9-21-61-34-17-14-31(15-18-34)40(57)53-43-46(4,5)44(47(43,6)7)62-35-19-16-32(25-50)36(48)23-35/h10-19,23,33,37,39,43-44,55H,8-9,20-22,26-28H2,1-7H3,(H,51,58)(H,52,56)(H,53,57)/t33-,37+,39-,43-,44-/m1/s1. The number of ether oxygens (including phenoxy) is 3. The van der Waals surface area contributed by atoms with E-state index in [-0.39, 0.29) is 50.8 Å². The molecule has 0 bridgehead atoms. The van der Waals surface area contributed by atoms with Crippen LogP contribution in [0.5, 0.6) is 11.5 Å². The Balaban J connectivity index is 1.01. The number of nitriles is 2. The minimum absolute atomic E-state index is 0.0389. The van der Waals surface area contributed by atoms with Crippen molar-refractivity contribution in [3.05, 3.63) is 94.0 Å². The quantitative estimate of drug-likeness (QED) is 0.122. The number of unbranched alkanes of at least 4 members (excludes halogenated alkanes) is 1. The van der Waals surface area contributed by atoms with Gasteiger partial charge in [0.15, 0.2) is 0 Å². The first-order valence-electron chi connectivity index (χ1n) is 20.8. The molecule has 0 spiro atoms. The van der Waals surface area contributed by atoms with Crippen molar-refractivity contribution in [2.24, 2.45) is 16.2 Å². The molecule has 3 aromatic carbocycles. The molecule has 14 nitrogen and oxygen atoms in total. The highest BCUT2D eigenvalue weighted by molar-refractivity contribution is 6.31. The molecule has 2 aliphatic rings. The van der Waals surface area contributed by atoms with E-state index in [1.807, 2.05) is 54.5 Å². The van der Waals surface area contributed by atoms with E-state index in [1.165, 1.54) is 4.90 Å². The Hall–Kier alpha value is -5.67. The third-order valence-electron chi connectivity index (χ3n) is 11.6. The summed E-state index contributed by atoms with van der Waals surface area (Å²) in [4.78, 5) is 54.7. The van der Waals surface area contributed by atoms with E-state index < -0.39 is 52.2 Å². The van der Waals surface area contributed by atoms with Gasteiger partial charge in [0, 0.05) is 54.6 Å². The molecule has 330 valence electrons. The van der Waals surface area contributed by atoms with Crippen LogP contribution < -0.4 is 25.4 Å². The van der Waals surface area contributed by atoms with Crippen LogP contribution in [0, 0.1) is 38.9 Å². The molecule has 2 fully saturated rings. The lowest BCUT2D eigenvalue weighted by Gasteiger charge is -2.63. The van der Waals surface area contributed by atoms with Crippen LogP contribution in [0.1, 0.15) is 94.8 Å². The largest absolute Gasteiger partial charge is 0.494 e. The molecule has 0 unspecified atom stereocenters. The second kappa shape index (κ2) is 20.0. The van der Waals surface area contributed by atoms with Gasteiger partial charge in [-0.1, -0.05) is 72.2 Å². The summed E-state index contributed by atoms with van der Waals surface area (Å²) in [6.45, 7) is 14.2. The van der Waals surface area contributed by atoms with Gasteiger partial charge in [-0.3, -0.25) is 19.2 Å². The van der Waals surface area contributed by atoms with Crippen LogP contribution in [0.3, 0.4) is 0 Å². The monoisotopic (exact) mass is 868 g/mol. The molecule has 1 saturated carbocycles. The van der Waals surface area contributed by atoms with Gasteiger partial charge >= 0.3 is 0 Å². The van der Waals surface area contributed by atoms with E-state index in [0.29, 0.717) is 52.7 Å². The summed E-state index contributed by atoms with van der Waals surface area (Å²) in [5.74, 6) is -0.403. The fourth-order valence-corrected chi connectivity index (χ4v) is 8.71. The zero-order chi connectivity index (χ0) is 45.4. The average Bonchev–Trinajstić information content (AvgIpc) is 3.63. The summed E-state index contributed by atoms with van der Waals surface area (Å²) < 4.78 is 17.8. The topological polar surface area (TPSA) is 203 Å². The van der Waals surface area contributed by atoms with Crippen molar-refractivity contribution in [1.82, 2.24) is 20.9 Å². The highest BCUT2D eigenvalue weighted by Gasteiger charge is 2.64. The fraction of sp³-hybridized carbons (Fsp3) is 0.489. The molecule has 0 aromatic heterocycles. The number of hydrogen-bond acceptors (Lipinski definition) is 10. The van der Waals surface area contributed by atoms with Crippen molar-refractivity contribution in [1.29, 1.82) is 10.5 Å². The highest BCUT2D eigenvalue weighted by atomic mass is 35.5. The zero-order valence-electron chi connectivity index (χ0n) is 36.4. The maximum atomic E-state index is 13.8. The minimum Gasteiger partial charge on any atom is -0.494 e. The number of nitrogens with one attached hydrogen (secondary N) is 3. The third kappa shape index (κ3) is 11.4. The molecule has 0 radical (unpaired) electrons. The first-order chi connectivity index (χ1) is 29.3. The van der Waals surface area contributed by atoms with Gasteiger partial charge in [0.2, 0.25) is 17.7 Å². The van der Waals surface area contributed by atoms with Gasteiger partial charge < -0.3 is 40.2 Å². The average molecular weight is 869 g/mol. The second-order valence-electron chi connectivity index (χ2n) is 18.2. The van der Waals surface area contributed by atoms with Crippen LogP contribution in [-0.2, 0) is 25.7 Å². The van der Waals surface area contributed by atoms with Crippen molar-refractivity contribution < 1.29 is 38.5 Å². The number of aliphatic hydroxyl groups excluding tert-OH is 1. The Labute approximate surface area is 368 Å². The van der Waals surface area contributed by atoms with Crippen molar-refractivity contribution in [3.63, 3.8) is 0 Å². The normalized spacial score (nSPS) is 20.4. The first-order valence-corrected chi connectivity index (χ1v) is 21.2. The number of amides is 4. The number of nitrogens with zero attached hydrogens (tertiary/aromatic N) is 3. The van der Waals surface area contributed by atoms with E-state index in [4.69, 9.17) is 31.1 Å². The molecule has 62 heavy (non-hydrogen) atoms. The maximum absolute atomic E-state index is 13.8. The Morgan fingerprint density at radius 2 is 1.56 bits per heavy atom. The number of β-amino-alcohol motifs (C(OH)–C–C–N with tert-alkyl or cyclic N) is 1. The lowest BCUT2D eigenvalue weighted by Crippen LogP contribution is -2.74. The number of halogens is 1. The summed E-state index contributed by atoms with van der Waals surface area (Å²) >= 11 is 6.22. The smallest absolute Gasteiger partial charge is 0.251 e. The second-order valence-corrected chi connectivity index (χ2v) is 18.6. The molecule has 15 heteroatoms. The number of carbonyl (C=O) groups is 4. The molecule has 1 aliphatic carbocycles. The van der Waals surface area contributed by atoms with Gasteiger partial charge in [0.1, 0.15) is 42.4 Å². The maximum Gasteiger partial charge on any atom is 0.251 e. The number of rotatable bonds is 17. The molecule has 3 atom stereocenters. The molecule has 3 aromatic rings. The first kappa shape index (κ1) is 47.4. The molecule has 1 heterocycles. The SMILES string of the molecule is CC(C)(C)[C@H](NC(=O)COCCCCOc1ccc(C(=O)N[C@H]2C(C)(C)[C@H](Oc3ccc(C#N)c(Cl)c3)C2(C)C)cc1)C(=O)N1C[C@H](O)C[C@H]1C(=O)NCc1ccc(C#N)cc1. The Bertz CT molecular complexity index is 2160. The zero-order valence-corrected chi connectivity index (χ0v) is 37.2. The van der Waals surface area contributed by atoms with Crippen molar-refractivity contribution in [2.75, 3.05) is 26.4 Å². The van der Waals surface area contributed by atoms with E-state index in [1.54, 1.807) is 66.7 Å². The number of benzene rings is 3. The molecule has 5 rings (SSSR count). The molecular formula is C47H57ClN6O8. The minimum atomic E-state index is -0.978. The van der Waals surface area contributed by atoms with Gasteiger partial charge in [-0.15, -0.1) is 0 Å².